The van der Waals surface area contributed by atoms with E-state index in [0.717, 1.165) is 24.9 Å². The molecule has 0 unspecified atom stereocenters. The summed E-state index contributed by atoms with van der Waals surface area (Å²) in [6, 6.07) is 11.8. The van der Waals surface area contributed by atoms with Gasteiger partial charge in [-0.05, 0) is 24.5 Å². The molecule has 2 aliphatic heterocycles. The van der Waals surface area contributed by atoms with E-state index in [0.29, 0.717) is 31.6 Å². The molecule has 4 rings (SSSR count). The first-order valence-electron chi connectivity index (χ1n) is 9.46. The number of amides is 2. The van der Waals surface area contributed by atoms with Crippen molar-refractivity contribution >= 4 is 17.9 Å². The largest absolute Gasteiger partial charge is 0.472 e. The van der Waals surface area contributed by atoms with Gasteiger partial charge in [-0.3, -0.25) is 9.59 Å². The number of nitrogens with zero attached hydrogens (tertiary/aromatic N) is 2. The number of hydrogen-bond donors (Lipinski definition) is 0. The molecule has 5 heteroatoms. The lowest BCUT2D eigenvalue weighted by Gasteiger charge is -2.38. The lowest BCUT2D eigenvalue weighted by atomic mass is 9.77. The zero-order chi connectivity index (χ0) is 18.7. The van der Waals surface area contributed by atoms with Gasteiger partial charge in [0.15, 0.2) is 0 Å². The smallest absolute Gasteiger partial charge is 0.257 e. The summed E-state index contributed by atoms with van der Waals surface area (Å²) in [6.07, 6.45) is 9.48. The van der Waals surface area contributed by atoms with Gasteiger partial charge in [0, 0.05) is 38.0 Å². The first kappa shape index (κ1) is 17.6. The highest BCUT2D eigenvalue weighted by Crippen LogP contribution is 2.41. The van der Waals surface area contributed by atoms with Gasteiger partial charge in [0.05, 0.1) is 11.8 Å². The summed E-state index contributed by atoms with van der Waals surface area (Å²) >= 11 is 0. The summed E-state index contributed by atoms with van der Waals surface area (Å²) in [5.74, 6) is 0.243. The first-order valence-corrected chi connectivity index (χ1v) is 9.46. The van der Waals surface area contributed by atoms with Gasteiger partial charge in [0.25, 0.3) is 5.91 Å². The van der Waals surface area contributed by atoms with Crippen molar-refractivity contribution in [2.45, 2.75) is 19.3 Å². The fraction of sp³-hybridized carbons (Fsp3) is 0.364. The second kappa shape index (κ2) is 7.43. The van der Waals surface area contributed by atoms with E-state index >= 15 is 0 Å². The molecule has 27 heavy (non-hydrogen) atoms. The highest BCUT2D eigenvalue weighted by Gasteiger charge is 2.45. The third-order valence-electron chi connectivity index (χ3n) is 5.72. The van der Waals surface area contributed by atoms with Crippen LogP contribution in [0.25, 0.3) is 6.08 Å². The van der Waals surface area contributed by atoms with Crippen LogP contribution in [0, 0.1) is 5.41 Å². The highest BCUT2D eigenvalue weighted by molar-refractivity contribution is 5.93. The summed E-state index contributed by atoms with van der Waals surface area (Å²) in [5.41, 5.74) is 1.76. The molecule has 3 heterocycles. The number of carbonyl (C=O) groups is 2. The minimum Gasteiger partial charge on any atom is -0.472 e. The van der Waals surface area contributed by atoms with E-state index in [1.165, 1.54) is 12.5 Å². The zero-order valence-electron chi connectivity index (χ0n) is 15.3. The molecule has 2 aliphatic rings. The van der Waals surface area contributed by atoms with E-state index in [2.05, 4.69) is 24.3 Å². The molecule has 2 aromatic rings. The Balaban J connectivity index is 1.32. The van der Waals surface area contributed by atoms with Gasteiger partial charge in [0.2, 0.25) is 5.91 Å². The SMILES string of the molecule is O=C1CC2(CCN(C(=O)c3ccoc3)CC2)CN1C/C=C/c1ccccc1. The average molecular weight is 364 g/mol. The summed E-state index contributed by atoms with van der Waals surface area (Å²) in [5, 5.41) is 0. The molecule has 0 aliphatic carbocycles. The molecule has 0 N–H and O–H groups in total. The number of piperidine rings is 1. The van der Waals surface area contributed by atoms with E-state index in [1.807, 2.05) is 28.0 Å². The van der Waals surface area contributed by atoms with Crippen LogP contribution in [0.15, 0.2) is 59.4 Å². The van der Waals surface area contributed by atoms with Crippen molar-refractivity contribution in [3.05, 3.63) is 66.1 Å². The Hall–Kier alpha value is -2.82. The van der Waals surface area contributed by atoms with Gasteiger partial charge in [-0.2, -0.15) is 0 Å². The number of likely N-dealkylation sites (tertiary alicyclic amines) is 2. The maximum Gasteiger partial charge on any atom is 0.257 e. The van der Waals surface area contributed by atoms with Gasteiger partial charge in [-0.15, -0.1) is 0 Å². The second-order valence-electron chi connectivity index (χ2n) is 7.57. The number of furan rings is 1. The molecule has 5 nitrogen and oxygen atoms in total. The van der Waals surface area contributed by atoms with Crippen LogP contribution in [0.3, 0.4) is 0 Å². The lowest BCUT2D eigenvalue weighted by molar-refractivity contribution is -0.127. The number of rotatable bonds is 4. The lowest BCUT2D eigenvalue weighted by Crippen LogP contribution is -2.44. The fourth-order valence-corrected chi connectivity index (χ4v) is 4.12. The van der Waals surface area contributed by atoms with Crippen molar-refractivity contribution < 1.29 is 14.0 Å². The molecule has 2 amide bonds. The molecule has 140 valence electrons. The van der Waals surface area contributed by atoms with Crippen molar-refractivity contribution in [1.29, 1.82) is 0 Å². The molecule has 1 aromatic carbocycles. The summed E-state index contributed by atoms with van der Waals surface area (Å²) in [7, 11) is 0. The monoisotopic (exact) mass is 364 g/mol. The van der Waals surface area contributed by atoms with Gasteiger partial charge in [0.1, 0.15) is 6.26 Å². The van der Waals surface area contributed by atoms with Crippen LogP contribution in [0.2, 0.25) is 0 Å². The molecule has 2 fully saturated rings. The summed E-state index contributed by atoms with van der Waals surface area (Å²) in [4.78, 5) is 28.8. The molecule has 0 atom stereocenters. The van der Waals surface area contributed by atoms with Crippen LogP contribution in [0.4, 0.5) is 0 Å². The molecule has 1 spiro atoms. The minimum atomic E-state index is 0.0187. The van der Waals surface area contributed by atoms with Crippen molar-refractivity contribution in [3.8, 4) is 0 Å². The number of benzene rings is 1. The summed E-state index contributed by atoms with van der Waals surface area (Å²) < 4.78 is 5.01. The van der Waals surface area contributed by atoms with E-state index in [9.17, 15) is 9.59 Å². The van der Waals surface area contributed by atoms with Crippen molar-refractivity contribution in [2.24, 2.45) is 5.41 Å². The molecular formula is C22H24N2O3. The Bertz CT molecular complexity index is 819. The third-order valence-corrected chi connectivity index (χ3v) is 5.72. The van der Waals surface area contributed by atoms with Crippen LogP contribution >= 0.6 is 0 Å². The Morgan fingerprint density at radius 3 is 2.63 bits per heavy atom. The van der Waals surface area contributed by atoms with Crippen molar-refractivity contribution in [1.82, 2.24) is 9.80 Å². The zero-order valence-corrected chi connectivity index (χ0v) is 15.3. The normalized spacial score (nSPS) is 19.3. The molecule has 0 saturated carbocycles. The summed E-state index contributed by atoms with van der Waals surface area (Å²) in [6.45, 7) is 2.84. The van der Waals surface area contributed by atoms with Crippen molar-refractivity contribution in [2.75, 3.05) is 26.2 Å². The number of hydrogen-bond acceptors (Lipinski definition) is 3. The second-order valence-corrected chi connectivity index (χ2v) is 7.57. The van der Waals surface area contributed by atoms with Gasteiger partial charge in [-0.1, -0.05) is 42.5 Å². The Morgan fingerprint density at radius 1 is 1.15 bits per heavy atom. The van der Waals surface area contributed by atoms with Crippen LogP contribution in [-0.2, 0) is 4.79 Å². The van der Waals surface area contributed by atoms with E-state index < -0.39 is 0 Å². The molecule has 2 saturated heterocycles. The maximum atomic E-state index is 12.5. The van der Waals surface area contributed by atoms with Crippen molar-refractivity contribution in [3.63, 3.8) is 0 Å². The topological polar surface area (TPSA) is 53.8 Å². The van der Waals surface area contributed by atoms with Crippen LogP contribution in [0.1, 0.15) is 35.2 Å². The minimum absolute atomic E-state index is 0.0187. The Morgan fingerprint density at radius 2 is 1.93 bits per heavy atom. The van der Waals surface area contributed by atoms with Gasteiger partial charge in [-0.25, -0.2) is 0 Å². The van der Waals surface area contributed by atoms with E-state index in [-0.39, 0.29) is 17.2 Å². The predicted octanol–water partition coefficient (Wildman–Crippen LogP) is 3.45. The molecule has 0 bridgehead atoms. The van der Waals surface area contributed by atoms with Gasteiger partial charge < -0.3 is 14.2 Å². The predicted molar refractivity (Wildman–Crippen MR) is 103 cm³/mol. The fourth-order valence-electron chi connectivity index (χ4n) is 4.12. The van der Waals surface area contributed by atoms with E-state index in [1.54, 1.807) is 6.07 Å². The third kappa shape index (κ3) is 3.82. The Kier molecular flexibility index (Phi) is 4.84. The van der Waals surface area contributed by atoms with E-state index in [4.69, 9.17) is 4.42 Å². The standard InChI is InChI=1S/C22H24N2O3/c25-20-15-22(17-24(20)11-4-7-18-5-2-1-3-6-18)9-12-23(13-10-22)21(26)19-8-14-27-16-19/h1-8,14,16H,9-13,15,17H2/b7-4+. The average Bonchev–Trinajstić information content (AvgIpc) is 3.32. The first-order chi connectivity index (χ1) is 13.2. The molecule has 1 aromatic heterocycles. The molecular weight excluding hydrogens is 340 g/mol. The maximum absolute atomic E-state index is 12.5. The molecule has 0 radical (unpaired) electrons. The van der Waals surface area contributed by atoms with Crippen LogP contribution in [-0.4, -0.2) is 47.8 Å². The van der Waals surface area contributed by atoms with Gasteiger partial charge >= 0.3 is 0 Å². The van der Waals surface area contributed by atoms with Crippen LogP contribution in [0.5, 0.6) is 0 Å². The van der Waals surface area contributed by atoms with Crippen LogP contribution < -0.4 is 0 Å². The Labute approximate surface area is 159 Å². The highest BCUT2D eigenvalue weighted by atomic mass is 16.3. The quantitative estimate of drug-likeness (QED) is 0.835. The number of carbonyl (C=O) groups excluding carboxylic acids is 2.